The Labute approximate surface area is 320 Å². The highest BCUT2D eigenvalue weighted by molar-refractivity contribution is 7.89. The summed E-state index contributed by atoms with van der Waals surface area (Å²) in [4.78, 5) is 69.8. The van der Waals surface area contributed by atoms with Gasteiger partial charge < -0.3 is 30.9 Å². The fourth-order valence-electron chi connectivity index (χ4n) is 7.36. The zero-order valence-corrected chi connectivity index (χ0v) is 34.3. The molecule has 6 atom stereocenters. The Bertz CT molecular complexity index is 1710. The number of amides is 5. The molecule has 3 fully saturated rings. The molecule has 1 aromatic rings. The first-order valence-electron chi connectivity index (χ1n) is 18.7. The predicted octanol–water partition coefficient (Wildman–Crippen LogP) is 3.08. The molecule has 4 N–H and O–H groups in total. The van der Waals surface area contributed by atoms with Crippen LogP contribution in [0.2, 0.25) is 0 Å². The van der Waals surface area contributed by atoms with Gasteiger partial charge in [-0.2, -0.15) is 4.31 Å². The molecule has 15 heteroatoms. The molecule has 14 nitrogen and oxygen atoms in total. The molecule has 2 aliphatic carbocycles. The lowest BCUT2D eigenvalue weighted by Gasteiger charge is -2.39. The van der Waals surface area contributed by atoms with Crippen molar-refractivity contribution in [3.05, 3.63) is 36.9 Å². The molecule has 0 bridgehead atoms. The highest BCUT2D eigenvalue weighted by Crippen LogP contribution is 2.65. The number of ether oxygens (including phenoxy) is 1. The third-order valence-corrected chi connectivity index (χ3v) is 13.1. The van der Waals surface area contributed by atoms with Gasteiger partial charge in [-0.25, -0.2) is 13.2 Å². The Morgan fingerprint density at radius 1 is 1.00 bits per heavy atom. The van der Waals surface area contributed by atoms with E-state index in [0.717, 1.165) is 12.8 Å². The summed E-state index contributed by atoms with van der Waals surface area (Å²) in [5, 5.41) is 11.1. The van der Waals surface area contributed by atoms with Crippen LogP contribution in [0.5, 0.6) is 5.75 Å². The maximum Gasteiger partial charge on any atom is 0.315 e. The van der Waals surface area contributed by atoms with E-state index in [1.807, 2.05) is 55.4 Å². The third-order valence-electron chi connectivity index (χ3n) is 11.2. The number of Topliss-reactive ketones (excluding diaryl/α,β-unsaturated/α-hetero) is 1. The standard InChI is InChI=1S/C39H60N6O8S/c1-12-19-40-34(48)31(46)27(20-23-13-14-23)41-33(47)30-29-26(39(29,8)9)21-45(30)35(49)32(38(5,6)7)43-36(50)42-28(37(2,3)4)22-44(10)54(51,52)25-17-15-24(53-11)16-18-25/h12,15-18,23,26-30,32H,1,13-14,19-22H2,2-11H3,(H,40,48)(H,41,47)(H2,42,43,50)/t26-,27?,28+,29-,30-,32+/m0/s1. The third kappa shape index (κ3) is 9.63. The van der Waals surface area contributed by atoms with E-state index < -0.39 is 74.6 Å². The van der Waals surface area contributed by atoms with Crippen molar-refractivity contribution in [3.8, 4) is 5.75 Å². The monoisotopic (exact) mass is 772 g/mol. The van der Waals surface area contributed by atoms with Crippen LogP contribution in [0.4, 0.5) is 4.79 Å². The van der Waals surface area contributed by atoms with E-state index in [9.17, 15) is 32.4 Å². The number of nitrogens with zero attached hydrogens (tertiary/aromatic N) is 2. The summed E-state index contributed by atoms with van der Waals surface area (Å²) in [7, 11) is -0.979. The van der Waals surface area contributed by atoms with Gasteiger partial charge in [-0.3, -0.25) is 19.2 Å². The second-order valence-electron chi connectivity index (χ2n) is 17.8. The van der Waals surface area contributed by atoms with Crippen LogP contribution in [0, 0.1) is 34.0 Å². The van der Waals surface area contributed by atoms with E-state index in [4.69, 9.17) is 4.74 Å². The molecule has 1 aromatic carbocycles. The first-order valence-corrected chi connectivity index (χ1v) is 20.1. The first-order chi connectivity index (χ1) is 24.9. The molecule has 1 heterocycles. The number of benzene rings is 1. The van der Waals surface area contributed by atoms with Gasteiger partial charge in [0.15, 0.2) is 0 Å². The van der Waals surface area contributed by atoms with Crippen molar-refractivity contribution in [2.45, 2.75) is 104 Å². The summed E-state index contributed by atoms with van der Waals surface area (Å²) in [5.41, 5.74) is -1.61. The number of sulfonamides is 1. The Morgan fingerprint density at radius 3 is 2.13 bits per heavy atom. The highest BCUT2D eigenvalue weighted by atomic mass is 32.2. The minimum atomic E-state index is -3.92. The molecule has 0 aromatic heterocycles. The number of ketones is 1. The van der Waals surface area contributed by atoms with Gasteiger partial charge in [0.25, 0.3) is 5.91 Å². The minimum Gasteiger partial charge on any atom is -0.497 e. The summed E-state index contributed by atoms with van der Waals surface area (Å²) in [6, 6.07) is 1.70. The van der Waals surface area contributed by atoms with Gasteiger partial charge in [-0.15, -0.1) is 6.58 Å². The molecule has 4 rings (SSSR count). The first kappa shape index (κ1) is 42.8. The number of likely N-dealkylation sites (N-methyl/N-ethyl adjacent to an activating group) is 1. The molecule has 2 saturated carbocycles. The average Bonchev–Trinajstić information content (AvgIpc) is 3.94. The van der Waals surface area contributed by atoms with Crippen molar-refractivity contribution in [1.29, 1.82) is 0 Å². The number of urea groups is 1. The topological polar surface area (TPSA) is 183 Å². The number of hydrogen-bond donors (Lipinski definition) is 4. The largest absolute Gasteiger partial charge is 0.497 e. The van der Waals surface area contributed by atoms with Crippen LogP contribution >= 0.6 is 0 Å². The van der Waals surface area contributed by atoms with Crippen LogP contribution < -0.4 is 26.0 Å². The molecule has 1 aliphatic heterocycles. The lowest BCUT2D eigenvalue weighted by Crippen LogP contribution is -2.62. The molecule has 1 saturated heterocycles. The Balaban J connectivity index is 1.52. The molecule has 54 heavy (non-hydrogen) atoms. The summed E-state index contributed by atoms with van der Waals surface area (Å²) < 4.78 is 33.2. The van der Waals surface area contributed by atoms with E-state index in [0.29, 0.717) is 18.7 Å². The number of nitrogens with one attached hydrogen (secondary N) is 4. The average molecular weight is 773 g/mol. The molecular formula is C39H60N6O8S. The van der Waals surface area contributed by atoms with Crippen molar-refractivity contribution < 1.29 is 37.1 Å². The van der Waals surface area contributed by atoms with Gasteiger partial charge in [0, 0.05) is 32.7 Å². The summed E-state index contributed by atoms with van der Waals surface area (Å²) in [5.74, 6) is -1.87. The van der Waals surface area contributed by atoms with Gasteiger partial charge in [0.05, 0.1) is 18.0 Å². The Kier molecular flexibility index (Phi) is 12.7. The normalized spacial score (nSPS) is 22.3. The van der Waals surface area contributed by atoms with Crippen molar-refractivity contribution in [3.63, 3.8) is 0 Å². The maximum absolute atomic E-state index is 14.5. The number of hydrogen-bond acceptors (Lipinski definition) is 8. The van der Waals surface area contributed by atoms with E-state index in [1.54, 1.807) is 12.1 Å². The SMILES string of the molecule is C=CCNC(=O)C(=O)C(CC1CC1)NC(=O)[C@@H]1[C@@H]2[C@H](CN1C(=O)[C@@H](NC(=O)N[C@H](CN(C)S(=O)(=O)c1ccc(OC)cc1)C(C)(C)C)C(C)(C)C)C2(C)C. The Morgan fingerprint density at radius 2 is 1.61 bits per heavy atom. The van der Waals surface area contributed by atoms with Gasteiger partial charge in [0.1, 0.15) is 17.8 Å². The van der Waals surface area contributed by atoms with Gasteiger partial charge in [0.2, 0.25) is 27.6 Å². The quantitative estimate of drug-likeness (QED) is 0.146. The molecular weight excluding hydrogens is 713 g/mol. The van der Waals surface area contributed by atoms with Crippen LogP contribution in [-0.4, -0.2) is 105 Å². The smallest absolute Gasteiger partial charge is 0.315 e. The van der Waals surface area contributed by atoms with Crippen LogP contribution in [-0.2, 0) is 29.2 Å². The highest BCUT2D eigenvalue weighted by Gasteiger charge is 2.70. The molecule has 1 unspecified atom stereocenters. The van der Waals surface area contributed by atoms with Crippen molar-refractivity contribution >= 4 is 39.6 Å². The molecule has 3 aliphatic rings. The van der Waals surface area contributed by atoms with Crippen molar-refractivity contribution in [2.24, 2.45) is 34.0 Å². The maximum atomic E-state index is 14.5. The van der Waals surface area contributed by atoms with E-state index in [1.165, 1.54) is 41.6 Å². The van der Waals surface area contributed by atoms with Gasteiger partial charge in [-0.1, -0.05) is 74.3 Å². The number of methoxy groups -OCH3 is 1. The summed E-state index contributed by atoms with van der Waals surface area (Å²) >= 11 is 0. The number of likely N-dealkylation sites (tertiary alicyclic amines) is 1. The van der Waals surface area contributed by atoms with E-state index in [2.05, 4.69) is 27.8 Å². The number of fused-ring (bicyclic) bond motifs is 1. The van der Waals surface area contributed by atoms with Gasteiger partial charge >= 0.3 is 6.03 Å². The number of carbonyl (C=O) groups is 5. The lowest BCUT2D eigenvalue weighted by atomic mass is 9.85. The van der Waals surface area contributed by atoms with E-state index in [-0.39, 0.29) is 41.2 Å². The molecule has 0 spiro atoms. The van der Waals surface area contributed by atoms with Crippen LogP contribution in [0.25, 0.3) is 0 Å². The summed E-state index contributed by atoms with van der Waals surface area (Å²) in [6.45, 7) is 19.1. The minimum absolute atomic E-state index is 0.0357. The second-order valence-corrected chi connectivity index (χ2v) is 19.8. The van der Waals surface area contributed by atoms with Crippen LogP contribution in [0.1, 0.15) is 74.7 Å². The van der Waals surface area contributed by atoms with Crippen molar-refractivity contribution in [2.75, 3.05) is 33.8 Å². The predicted molar refractivity (Wildman–Crippen MR) is 205 cm³/mol. The van der Waals surface area contributed by atoms with Gasteiger partial charge in [-0.05, 0) is 64.7 Å². The molecule has 0 radical (unpaired) electrons. The lowest BCUT2D eigenvalue weighted by molar-refractivity contribution is -0.145. The number of piperidine rings is 1. The van der Waals surface area contributed by atoms with Crippen molar-refractivity contribution in [1.82, 2.24) is 30.5 Å². The van der Waals surface area contributed by atoms with E-state index >= 15 is 0 Å². The second kappa shape index (κ2) is 16.0. The fourth-order valence-corrected chi connectivity index (χ4v) is 8.55. The zero-order chi connectivity index (χ0) is 40.6. The fraction of sp³-hybridized carbons (Fsp3) is 0.667. The number of rotatable bonds is 16. The molecule has 5 amide bonds. The zero-order valence-electron chi connectivity index (χ0n) is 33.4. The summed E-state index contributed by atoms with van der Waals surface area (Å²) in [6.07, 6.45) is 3.62. The Hall–Kier alpha value is -3.98. The van der Waals surface area contributed by atoms with Crippen LogP contribution in [0.15, 0.2) is 41.8 Å². The molecule has 300 valence electrons. The number of carbonyl (C=O) groups excluding carboxylic acids is 5. The van der Waals surface area contributed by atoms with Crippen LogP contribution in [0.3, 0.4) is 0 Å².